The Morgan fingerprint density at radius 3 is 1.18 bits per heavy atom. The average molecular weight is 1250 g/mol. The maximum Gasteiger partial charge on any atom is 0.306 e. The lowest BCUT2D eigenvalue weighted by Crippen LogP contribution is -2.61. The second kappa shape index (κ2) is 64.7. The molecule has 1 saturated heterocycles. The Morgan fingerprint density at radius 1 is 0.438 bits per heavy atom. The predicted molar refractivity (Wildman–Crippen MR) is 375 cm³/mol. The lowest BCUT2D eigenvalue weighted by atomic mass is 9.99. The van der Waals surface area contributed by atoms with Crippen LogP contribution in [0.3, 0.4) is 0 Å². The molecule has 514 valence electrons. The van der Waals surface area contributed by atoms with Crippen LogP contribution in [-0.4, -0.2) is 99.6 Å². The summed E-state index contributed by atoms with van der Waals surface area (Å²) in [7, 11) is 0. The van der Waals surface area contributed by atoms with E-state index >= 15 is 0 Å². The van der Waals surface area contributed by atoms with Crippen LogP contribution >= 0.6 is 0 Å². The van der Waals surface area contributed by atoms with Gasteiger partial charge in [0.2, 0.25) is 5.91 Å². The van der Waals surface area contributed by atoms with E-state index in [9.17, 15) is 35.1 Å². The topological polar surface area (TPSA) is 175 Å². The van der Waals surface area contributed by atoms with Gasteiger partial charge in [-0.25, -0.2) is 0 Å². The minimum absolute atomic E-state index is 0.112. The van der Waals surface area contributed by atoms with Gasteiger partial charge in [-0.05, 0) is 109 Å². The van der Waals surface area contributed by atoms with Crippen LogP contribution in [0.15, 0.2) is 97.2 Å². The Morgan fingerprint density at radius 2 is 0.775 bits per heavy atom. The van der Waals surface area contributed by atoms with E-state index in [0.717, 1.165) is 109 Å². The second-order valence-corrected chi connectivity index (χ2v) is 25.3. The third-order valence-corrected chi connectivity index (χ3v) is 17.0. The van der Waals surface area contributed by atoms with E-state index in [1.54, 1.807) is 6.08 Å². The van der Waals surface area contributed by atoms with Gasteiger partial charge in [-0.2, -0.15) is 0 Å². The number of amides is 1. The van der Waals surface area contributed by atoms with Crippen LogP contribution in [0.25, 0.3) is 0 Å². The molecule has 6 N–H and O–H groups in total. The zero-order valence-electron chi connectivity index (χ0n) is 57.3. The number of hydrogen-bond acceptors (Lipinski definition) is 10. The van der Waals surface area contributed by atoms with Crippen molar-refractivity contribution in [3.05, 3.63) is 97.2 Å². The number of allylic oxidation sites excluding steroid dienone is 15. The van der Waals surface area contributed by atoms with Crippen molar-refractivity contribution in [2.45, 2.75) is 372 Å². The number of aliphatic hydroxyl groups excluding tert-OH is 5. The number of nitrogens with one attached hydrogen (secondary N) is 1. The molecule has 1 rings (SSSR count). The van der Waals surface area contributed by atoms with Crippen molar-refractivity contribution in [3.63, 3.8) is 0 Å². The van der Waals surface area contributed by atoms with Gasteiger partial charge >= 0.3 is 5.97 Å². The maximum absolute atomic E-state index is 13.5. The summed E-state index contributed by atoms with van der Waals surface area (Å²) in [6, 6.07) is -1.03. The molecule has 89 heavy (non-hydrogen) atoms. The molecule has 0 aromatic rings. The van der Waals surface area contributed by atoms with Gasteiger partial charge < -0.3 is 45.1 Å². The lowest BCUT2D eigenvalue weighted by Gasteiger charge is -2.41. The van der Waals surface area contributed by atoms with Crippen molar-refractivity contribution in [2.24, 2.45) is 0 Å². The Labute approximate surface area is 546 Å². The summed E-state index contributed by atoms with van der Waals surface area (Å²) in [6.45, 7) is 5.76. The van der Waals surface area contributed by atoms with Crippen LogP contribution in [-0.2, 0) is 23.8 Å². The Bertz CT molecular complexity index is 1820. The first-order valence-electron chi connectivity index (χ1n) is 37.0. The second-order valence-electron chi connectivity index (χ2n) is 25.3. The quantitative estimate of drug-likeness (QED) is 0.0195. The van der Waals surface area contributed by atoms with E-state index in [-0.39, 0.29) is 19.4 Å². The van der Waals surface area contributed by atoms with E-state index in [4.69, 9.17) is 14.2 Å². The van der Waals surface area contributed by atoms with Crippen LogP contribution < -0.4 is 5.32 Å². The highest BCUT2D eigenvalue weighted by Crippen LogP contribution is 2.26. The molecule has 0 aliphatic carbocycles. The molecule has 1 aliphatic heterocycles. The van der Waals surface area contributed by atoms with Crippen LogP contribution in [0.2, 0.25) is 0 Å². The summed E-state index contributed by atoms with van der Waals surface area (Å²) in [5.41, 5.74) is 0. The number of carbonyl (C=O) groups is 2. The van der Waals surface area contributed by atoms with Crippen LogP contribution in [0, 0.1) is 0 Å². The van der Waals surface area contributed by atoms with Crippen molar-refractivity contribution in [2.75, 3.05) is 13.2 Å². The summed E-state index contributed by atoms with van der Waals surface area (Å²) < 4.78 is 17.7. The van der Waals surface area contributed by atoms with Crippen LogP contribution in [0.1, 0.15) is 323 Å². The van der Waals surface area contributed by atoms with Gasteiger partial charge in [-0.1, -0.05) is 304 Å². The minimum Gasteiger partial charge on any atom is -0.454 e. The number of esters is 1. The fourth-order valence-corrected chi connectivity index (χ4v) is 11.1. The monoisotopic (exact) mass is 1250 g/mol. The van der Waals surface area contributed by atoms with Crippen molar-refractivity contribution >= 4 is 11.9 Å². The summed E-state index contributed by atoms with van der Waals surface area (Å²) >= 11 is 0. The van der Waals surface area contributed by atoms with Gasteiger partial charge in [0.25, 0.3) is 0 Å². The molecule has 11 nitrogen and oxygen atoms in total. The van der Waals surface area contributed by atoms with Crippen molar-refractivity contribution in [1.29, 1.82) is 0 Å². The first kappa shape index (κ1) is 83.6. The largest absolute Gasteiger partial charge is 0.454 e. The van der Waals surface area contributed by atoms with Gasteiger partial charge in [-0.15, -0.1) is 0 Å². The van der Waals surface area contributed by atoms with Crippen LogP contribution in [0.5, 0.6) is 0 Å². The lowest BCUT2D eigenvalue weighted by molar-refractivity contribution is -0.305. The molecular weight excluding hydrogens is 1110 g/mol. The molecule has 0 aromatic heterocycles. The number of hydrogen-bond donors (Lipinski definition) is 6. The molecule has 1 amide bonds. The van der Waals surface area contributed by atoms with E-state index < -0.39 is 67.4 Å². The van der Waals surface area contributed by atoms with Crippen molar-refractivity contribution in [1.82, 2.24) is 5.32 Å². The Hall–Kier alpha value is -3.42. The van der Waals surface area contributed by atoms with E-state index in [0.29, 0.717) is 12.8 Å². The van der Waals surface area contributed by atoms with E-state index in [1.807, 2.05) is 6.08 Å². The van der Waals surface area contributed by atoms with Crippen molar-refractivity contribution < 1.29 is 49.3 Å². The van der Waals surface area contributed by atoms with Gasteiger partial charge in [0.05, 0.1) is 25.4 Å². The number of rotatable bonds is 63. The molecule has 8 atom stereocenters. The third kappa shape index (κ3) is 51.7. The molecular formula is C78H137NO10. The smallest absolute Gasteiger partial charge is 0.306 e. The fraction of sp³-hybridized carbons (Fsp3) is 0.769. The number of aliphatic hydroxyl groups is 5. The van der Waals surface area contributed by atoms with E-state index in [2.05, 4.69) is 111 Å². The van der Waals surface area contributed by atoms with Crippen molar-refractivity contribution in [3.8, 4) is 0 Å². The summed E-state index contributed by atoms with van der Waals surface area (Å²) in [5, 5.41) is 57.3. The first-order valence-corrected chi connectivity index (χ1v) is 37.0. The fourth-order valence-electron chi connectivity index (χ4n) is 11.1. The standard InChI is InChI=1S/C78H137NO10/c1-4-7-10-13-16-19-22-25-27-29-31-33-34-35-36-37-39-40-42-44-47-50-53-56-59-62-65-71(82)77(86)79-69(70(81)64-61-58-55-52-49-46-24-21-18-15-12-9-6-3)68-87-78-76(75(85)74(84)72(67-80)88-78)89-73(83)66-63-60-57-54-51-48-45-43-41-38-32-30-28-26-23-20-17-14-11-8-5-2/h16-17,19-20,25-28,31-33,35-36,38,61,64,69-72,74-76,78,80-82,84-85H,4-15,18,21-24,29-30,34,37,39-60,62-63,65-68H2,1-3H3,(H,79,86)/b19-16-,20-17-,27-25-,28-26-,33-31-,36-35-,38-32-,64-61+. The summed E-state index contributed by atoms with van der Waals surface area (Å²) in [4.78, 5) is 26.7. The maximum atomic E-state index is 13.5. The van der Waals surface area contributed by atoms with Crippen LogP contribution in [0.4, 0.5) is 0 Å². The highest BCUT2D eigenvalue weighted by Gasteiger charge is 2.47. The molecule has 1 aliphatic rings. The first-order chi connectivity index (χ1) is 43.7. The highest BCUT2D eigenvalue weighted by molar-refractivity contribution is 5.80. The minimum atomic E-state index is -1.62. The zero-order chi connectivity index (χ0) is 64.6. The zero-order valence-corrected chi connectivity index (χ0v) is 57.3. The van der Waals surface area contributed by atoms with Gasteiger partial charge in [0, 0.05) is 6.42 Å². The summed E-state index contributed by atoms with van der Waals surface area (Å²) in [5.74, 6) is -1.20. The molecule has 8 unspecified atom stereocenters. The van der Waals surface area contributed by atoms with E-state index in [1.165, 1.54) is 167 Å². The molecule has 1 fully saturated rings. The third-order valence-electron chi connectivity index (χ3n) is 17.0. The van der Waals surface area contributed by atoms with Gasteiger partial charge in [-0.3, -0.25) is 9.59 Å². The van der Waals surface area contributed by atoms with Gasteiger partial charge in [0.15, 0.2) is 12.4 Å². The molecule has 0 saturated carbocycles. The number of carbonyl (C=O) groups excluding carboxylic acids is 2. The SMILES string of the molecule is CCCCC/C=C\C/C=C\C/C=C\C/C=C\CCCCCCCCCCCCC(O)C(=O)NC(COC1OC(CO)C(O)C(O)C1OC(=O)CCCCCCCCCC/C=C\C/C=C\C/C=C\CCCCC)C(O)/C=C/CCCCCCCCCCCCC. The molecule has 0 spiro atoms. The molecule has 0 aromatic carbocycles. The average Bonchev–Trinajstić information content (AvgIpc) is 3.11. The predicted octanol–water partition coefficient (Wildman–Crippen LogP) is 19.4. The number of unbranched alkanes of at least 4 members (excludes halogenated alkanes) is 35. The Balaban J connectivity index is 2.58. The molecule has 0 bridgehead atoms. The number of ether oxygens (including phenoxy) is 3. The molecule has 11 heteroatoms. The normalized spacial score (nSPS) is 18.7. The molecule has 0 radical (unpaired) electrons. The van der Waals surface area contributed by atoms with Gasteiger partial charge in [0.1, 0.15) is 24.4 Å². The summed E-state index contributed by atoms with van der Waals surface area (Å²) in [6.07, 6.45) is 77.2. The highest BCUT2D eigenvalue weighted by atomic mass is 16.7. The Kier molecular flexibility index (Phi) is 60.7. The molecule has 1 heterocycles.